The second kappa shape index (κ2) is 16.4. The molecule has 0 spiro atoms. The molecule has 7 heteroatoms. The average Bonchev–Trinajstić information content (AvgIpc) is 3.00. The van der Waals surface area contributed by atoms with Gasteiger partial charge in [-0.15, -0.1) is 0 Å². The highest BCUT2D eigenvalue weighted by Crippen LogP contribution is 2.29. The molecule has 0 saturated heterocycles. The molecule has 1 aliphatic rings. The summed E-state index contributed by atoms with van der Waals surface area (Å²) in [4.78, 5) is 29.8. The van der Waals surface area contributed by atoms with Crippen LogP contribution in [0.3, 0.4) is 0 Å². The van der Waals surface area contributed by atoms with Gasteiger partial charge in [-0.25, -0.2) is 0 Å². The largest absolute Gasteiger partial charge is 0.490 e. The number of aryl methyl sites for hydroxylation is 1. The third kappa shape index (κ3) is 9.35. The van der Waals surface area contributed by atoms with Gasteiger partial charge in [-0.3, -0.25) is 9.59 Å². The maximum atomic E-state index is 14.1. The number of ether oxygens (including phenoxy) is 2. The first-order valence-electron chi connectivity index (χ1n) is 15.2. The first-order chi connectivity index (χ1) is 20.5. The van der Waals surface area contributed by atoms with Crippen LogP contribution in [-0.4, -0.2) is 42.0 Å². The van der Waals surface area contributed by atoms with E-state index in [-0.39, 0.29) is 24.3 Å². The minimum absolute atomic E-state index is 0.0541. The van der Waals surface area contributed by atoms with E-state index in [9.17, 15) is 9.59 Å². The van der Waals surface area contributed by atoms with E-state index >= 15 is 0 Å². The molecule has 0 bridgehead atoms. The van der Waals surface area contributed by atoms with E-state index in [1.165, 1.54) is 6.42 Å². The molecule has 0 aromatic heterocycles. The summed E-state index contributed by atoms with van der Waals surface area (Å²) in [6.07, 6.45) is 6.70. The lowest BCUT2D eigenvalue weighted by Crippen LogP contribution is -2.52. The van der Waals surface area contributed by atoms with Gasteiger partial charge in [-0.1, -0.05) is 83.7 Å². The molecule has 1 unspecified atom stereocenters. The predicted molar refractivity (Wildman–Crippen MR) is 171 cm³/mol. The van der Waals surface area contributed by atoms with Crippen molar-refractivity contribution in [2.45, 2.75) is 83.8 Å². The number of carbonyl (C=O) groups is 2. The maximum Gasteiger partial charge on any atom is 0.243 e. The molecule has 3 aromatic rings. The molecule has 0 heterocycles. The lowest BCUT2D eigenvalue weighted by atomic mass is 9.94. The Morgan fingerprint density at radius 2 is 1.57 bits per heavy atom. The van der Waals surface area contributed by atoms with Gasteiger partial charge in [0.1, 0.15) is 6.04 Å². The summed E-state index contributed by atoms with van der Waals surface area (Å²) in [5.41, 5.74) is 2.99. The summed E-state index contributed by atoms with van der Waals surface area (Å²) in [6, 6.07) is 23.3. The van der Waals surface area contributed by atoms with Crippen LogP contribution >= 0.6 is 15.9 Å². The number of rotatable bonds is 14. The molecule has 42 heavy (non-hydrogen) atoms. The monoisotopic (exact) mass is 634 g/mol. The number of nitrogens with one attached hydrogen (secondary N) is 1. The van der Waals surface area contributed by atoms with E-state index in [2.05, 4.69) is 21.2 Å². The molecule has 1 N–H and O–H groups in total. The highest BCUT2D eigenvalue weighted by Gasteiger charge is 2.31. The maximum absolute atomic E-state index is 14.1. The summed E-state index contributed by atoms with van der Waals surface area (Å²) in [5, 5.41) is 3.31. The lowest BCUT2D eigenvalue weighted by Gasteiger charge is -2.33. The van der Waals surface area contributed by atoms with Gasteiger partial charge in [0.05, 0.1) is 13.2 Å². The van der Waals surface area contributed by atoms with Gasteiger partial charge >= 0.3 is 0 Å². The van der Waals surface area contributed by atoms with Crippen LogP contribution in [0.15, 0.2) is 77.3 Å². The predicted octanol–water partition coefficient (Wildman–Crippen LogP) is 7.27. The molecule has 1 atom stereocenters. The quantitative estimate of drug-likeness (QED) is 0.202. The van der Waals surface area contributed by atoms with E-state index in [0.717, 1.165) is 46.8 Å². The molecule has 1 saturated carbocycles. The second-order valence-corrected chi connectivity index (χ2v) is 11.8. The zero-order chi connectivity index (χ0) is 29.7. The van der Waals surface area contributed by atoms with Crippen molar-refractivity contribution in [1.29, 1.82) is 0 Å². The van der Waals surface area contributed by atoms with Crippen molar-refractivity contribution in [2.75, 3.05) is 13.2 Å². The smallest absolute Gasteiger partial charge is 0.243 e. The van der Waals surface area contributed by atoms with Gasteiger partial charge in [-0.2, -0.15) is 0 Å². The molecule has 1 fully saturated rings. The number of hydrogen-bond donors (Lipinski definition) is 1. The minimum Gasteiger partial charge on any atom is -0.490 e. The average molecular weight is 636 g/mol. The Labute approximate surface area is 258 Å². The lowest BCUT2D eigenvalue weighted by molar-refractivity contribution is -0.141. The Hall–Kier alpha value is -3.32. The summed E-state index contributed by atoms with van der Waals surface area (Å²) in [6.45, 7) is 5.31. The van der Waals surface area contributed by atoms with E-state index in [1.54, 1.807) is 4.90 Å². The Bertz CT molecular complexity index is 1290. The van der Waals surface area contributed by atoms with E-state index in [0.29, 0.717) is 44.1 Å². The summed E-state index contributed by atoms with van der Waals surface area (Å²) < 4.78 is 12.5. The zero-order valence-corrected chi connectivity index (χ0v) is 26.4. The van der Waals surface area contributed by atoms with Gasteiger partial charge in [0.25, 0.3) is 0 Å². The third-order valence-corrected chi connectivity index (χ3v) is 8.19. The normalized spacial score (nSPS) is 14.2. The van der Waals surface area contributed by atoms with Crippen LogP contribution in [0, 0.1) is 0 Å². The Morgan fingerprint density at radius 1 is 0.857 bits per heavy atom. The number of hydrogen-bond acceptors (Lipinski definition) is 4. The van der Waals surface area contributed by atoms with Crippen LogP contribution in [0.4, 0.5) is 0 Å². The zero-order valence-electron chi connectivity index (χ0n) is 24.8. The van der Waals surface area contributed by atoms with Gasteiger partial charge < -0.3 is 19.7 Å². The van der Waals surface area contributed by atoms with E-state index in [1.807, 2.05) is 86.6 Å². The molecule has 0 radical (unpaired) electrons. The fraction of sp³-hybridized carbons (Fsp3) is 0.429. The van der Waals surface area contributed by atoms with Crippen molar-refractivity contribution in [3.63, 3.8) is 0 Å². The number of carbonyl (C=O) groups excluding carboxylic acids is 2. The number of benzene rings is 3. The SMILES string of the molecule is CCOc1ccc(CCC(=O)N(Cc2cccc(Br)c2)C(Cc2ccccc2)C(=O)NC2CCCCC2)cc1OCC. The van der Waals surface area contributed by atoms with Gasteiger partial charge in [-0.05, 0) is 74.1 Å². The number of amides is 2. The number of nitrogens with zero attached hydrogens (tertiary/aromatic N) is 1. The van der Waals surface area contributed by atoms with Crippen LogP contribution in [-0.2, 0) is 29.0 Å². The highest BCUT2D eigenvalue weighted by atomic mass is 79.9. The van der Waals surface area contributed by atoms with Crippen LogP contribution in [0.2, 0.25) is 0 Å². The molecule has 3 aromatic carbocycles. The van der Waals surface area contributed by atoms with E-state index in [4.69, 9.17) is 9.47 Å². The Balaban J connectivity index is 1.60. The molecule has 4 rings (SSSR count). The van der Waals surface area contributed by atoms with Crippen molar-refractivity contribution in [1.82, 2.24) is 10.2 Å². The number of halogens is 1. The molecule has 2 amide bonds. The van der Waals surface area contributed by atoms with E-state index < -0.39 is 6.04 Å². The fourth-order valence-electron chi connectivity index (χ4n) is 5.58. The van der Waals surface area contributed by atoms with Crippen LogP contribution in [0.25, 0.3) is 0 Å². The van der Waals surface area contributed by atoms with Gasteiger partial charge in [0.15, 0.2) is 11.5 Å². The first kappa shape index (κ1) is 31.6. The van der Waals surface area contributed by atoms with Crippen molar-refractivity contribution >= 4 is 27.7 Å². The Kier molecular flexibility index (Phi) is 12.3. The fourth-order valence-corrected chi connectivity index (χ4v) is 6.02. The molecule has 6 nitrogen and oxygen atoms in total. The van der Waals surface area contributed by atoms with Crippen molar-refractivity contribution in [2.24, 2.45) is 0 Å². The molecular formula is C35H43BrN2O4. The summed E-state index contributed by atoms with van der Waals surface area (Å²) in [5.74, 6) is 1.26. The third-order valence-electron chi connectivity index (χ3n) is 7.70. The van der Waals surface area contributed by atoms with Crippen LogP contribution in [0.1, 0.15) is 69.1 Å². The minimum atomic E-state index is -0.625. The molecule has 1 aliphatic carbocycles. The van der Waals surface area contributed by atoms with Gasteiger partial charge in [0, 0.05) is 29.9 Å². The van der Waals surface area contributed by atoms with Crippen molar-refractivity contribution < 1.29 is 19.1 Å². The highest BCUT2D eigenvalue weighted by molar-refractivity contribution is 9.10. The molecule has 0 aliphatic heterocycles. The van der Waals surface area contributed by atoms with Gasteiger partial charge in [0.2, 0.25) is 11.8 Å². The molecule has 224 valence electrons. The summed E-state index contributed by atoms with van der Waals surface area (Å²) in [7, 11) is 0. The van der Waals surface area contributed by atoms with Crippen LogP contribution in [0.5, 0.6) is 11.5 Å². The second-order valence-electron chi connectivity index (χ2n) is 10.8. The topological polar surface area (TPSA) is 67.9 Å². The Morgan fingerprint density at radius 3 is 2.29 bits per heavy atom. The van der Waals surface area contributed by atoms with Crippen LogP contribution < -0.4 is 14.8 Å². The molecular weight excluding hydrogens is 592 g/mol. The van der Waals surface area contributed by atoms with Crippen molar-refractivity contribution in [3.05, 3.63) is 94.0 Å². The van der Waals surface area contributed by atoms with Crippen molar-refractivity contribution in [3.8, 4) is 11.5 Å². The first-order valence-corrected chi connectivity index (χ1v) is 16.0. The summed E-state index contributed by atoms with van der Waals surface area (Å²) >= 11 is 3.57. The standard InChI is InChI=1S/C35H43BrN2O4/c1-3-41-32-20-18-27(24-33(32)42-4-2)19-21-34(39)38(25-28-14-11-15-29(36)22-28)31(23-26-12-7-5-8-13-26)35(40)37-30-16-9-6-10-17-30/h5,7-8,11-15,18,20,22,24,30-31H,3-4,6,9-10,16-17,19,21,23,25H2,1-2H3,(H,37,40).